The molecule has 2 saturated carbocycles. The van der Waals surface area contributed by atoms with E-state index in [1.165, 1.54) is 6.92 Å². The number of Topliss-reactive ketones (excluding diaryl/α,β-unsaturated/α-hetero) is 2. The molecule has 0 aromatic carbocycles. The van der Waals surface area contributed by atoms with Crippen LogP contribution < -0.4 is 0 Å². The first-order chi connectivity index (χ1) is 16.9. The average molecular weight is 515 g/mol. The summed E-state index contributed by atoms with van der Waals surface area (Å²) in [6.45, 7) is 18.5. The number of hydrogen-bond acceptors (Lipinski definition) is 5. The summed E-state index contributed by atoms with van der Waals surface area (Å²) < 4.78 is 5.73. The SMILES string of the molecule is CC(=O)O[C@H]1CC[C@]2(C)C3=C(C(=O)C[C@H]2C1(C)C)[C@]1(C)CC[C@H]([C@H](C)CCCC(C)(C)O)[C@@]1(C)CC3=O. The first-order valence-electron chi connectivity index (χ1n) is 14.6. The Bertz CT molecular complexity index is 1010. The Kier molecular flexibility index (Phi) is 6.96. The number of carbonyl (C=O) groups is 3. The minimum absolute atomic E-state index is 0.0285. The highest BCUT2D eigenvalue weighted by Crippen LogP contribution is 2.71. The maximum atomic E-state index is 14.2. The third-order valence-electron chi connectivity index (χ3n) is 11.7. The van der Waals surface area contributed by atoms with Gasteiger partial charge in [0, 0.05) is 47.2 Å². The minimum atomic E-state index is -0.656. The zero-order valence-corrected chi connectivity index (χ0v) is 24.8. The lowest BCUT2D eigenvalue weighted by molar-refractivity contribution is -0.169. The van der Waals surface area contributed by atoms with E-state index in [4.69, 9.17) is 4.74 Å². The summed E-state index contributed by atoms with van der Waals surface area (Å²) in [6, 6.07) is 0. The van der Waals surface area contributed by atoms with Crippen molar-refractivity contribution in [2.45, 2.75) is 132 Å². The first kappa shape index (κ1) is 28.5. The summed E-state index contributed by atoms with van der Waals surface area (Å²) in [5.41, 5.74) is -0.287. The Hall–Kier alpha value is -1.49. The zero-order valence-electron chi connectivity index (χ0n) is 24.8. The summed E-state index contributed by atoms with van der Waals surface area (Å²) in [7, 11) is 0. The van der Waals surface area contributed by atoms with Crippen molar-refractivity contribution in [3.63, 3.8) is 0 Å². The average Bonchev–Trinajstić information content (AvgIpc) is 3.01. The largest absolute Gasteiger partial charge is 0.462 e. The van der Waals surface area contributed by atoms with Crippen LogP contribution in [0, 0.1) is 39.4 Å². The van der Waals surface area contributed by atoms with Gasteiger partial charge in [-0.05, 0) is 69.1 Å². The molecule has 2 fully saturated rings. The van der Waals surface area contributed by atoms with Crippen LogP contribution in [0.25, 0.3) is 0 Å². The molecule has 0 aromatic rings. The predicted molar refractivity (Wildman–Crippen MR) is 145 cm³/mol. The lowest BCUT2D eigenvalue weighted by atomic mass is 9.42. The van der Waals surface area contributed by atoms with Gasteiger partial charge in [-0.3, -0.25) is 14.4 Å². The van der Waals surface area contributed by atoms with Gasteiger partial charge in [0.1, 0.15) is 6.10 Å². The molecule has 0 unspecified atom stereocenters. The minimum Gasteiger partial charge on any atom is -0.462 e. The van der Waals surface area contributed by atoms with Crippen LogP contribution in [-0.4, -0.2) is 34.3 Å². The highest BCUT2D eigenvalue weighted by molar-refractivity contribution is 6.11. The number of ketones is 2. The third kappa shape index (κ3) is 4.36. The van der Waals surface area contributed by atoms with E-state index in [1.54, 1.807) is 0 Å². The number of fused-ring (bicyclic) bond motifs is 4. The van der Waals surface area contributed by atoms with E-state index in [0.717, 1.165) is 49.7 Å². The number of rotatable bonds is 6. The van der Waals surface area contributed by atoms with E-state index in [-0.39, 0.29) is 51.2 Å². The van der Waals surface area contributed by atoms with E-state index in [9.17, 15) is 19.5 Å². The Morgan fingerprint density at radius 3 is 2.30 bits per heavy atom. The number of hydrogen-bond donors (Lipinski definition) is 1. The maximum absolute atomic E-state index is 14.2. The highest BCUT2D eigenvalue weighted by atomic mass is 16.5. The van der Waals surface area contributed by atoms with E-state index in [2.05, 4.69) is 41.5 Å². The van der Waals surface area contributed by atoms with Gasteiger partial charge in [-0.2, -0.15) is 0 Å². The van der Waals surface area contributed by atoms with Crippen LogP contribution >= 0.6 is 0 Å². The van der Waals surface area contributed by atoms with E-state index in [1.807, 2.05) is 13.8 Å². The number of carbonyl (C=O) groups excluding carboxylic acids is 3. The fraction of sp³-hybridized carbons (Fsp3) is 0.844. The van der Waals surface area contributed by atoms with Crippen molar-refractivity contribution in [3.8, 4) is 0 Å². The number of allylic oxidation sites excluding steroid dienone is 2. The molecular formula is C32H50O5. The number of esters is 1. The Labute approximate surface area is 224 Å². The van der Waals surface area contributed by atoms with E-state index >= 15 is 0 Å². The molecule has 0 bridgehead atoms. The second kappa shape index (κ2) is 9.03. The molecule has 37 heavy (non-hydrogen) atoms. The Morgan fingerprint density at radius 2 is 1.70 bits per heavy atom. The van der Waals surface area contributed by atoms with Crippen LogP contribution in [0.3, 0.4) is 0 Å². The molecule has 0 amide bonds. The van der Waals surface area contributed by atoms with Crippen LogP contribution in [0.15, 0.2) is 11.1 Å². The third-order valence-corrected chi connectivity index (χ3v) is 11.7. The second-order valence-electron chi connectivity index (χ2n) is 15.0. The van der Waals surface area contributed by atoms with Gasteiger partial charge in [0.2, 0.25) is 0 Å². The fourth-order valence-electron chi connectivity index (χ4n) is 9.56. The fourth-order valence-corrected chi connectivity index (χ4v) is 9.56. The lowest BCUT2D eigenvalue weighted by Crippen LogP contribution is -2.59. The van der Waals surface area contributed by atoms with Crippen molar-refractivity contribution < 1.29 is 24.2 Å². The monoisotopic (exact) mass is 514 g/mol. The van der Waals surface area contributed by atoms with Crippen molar-refractivity contribution in [3.05, 3.63) is 11.1 Å². The van der Waals surface area contributed by atoms with E-state index < -0.39 is 5.60 Å². The van der Waals surface area contributed by atoms with Crippen LogP contribution in [0.2, 0.25) is 0 Å². The van der Waals surface area contributed by atoms with Crippen LogP contribution in [-0.2, 0) is 19.1 Å². The molecule has 5 nitrogen and oxygen atoms in total. The molecule has 0 heterocycles. The molecular weight excluding hydrogens is 464 g/mol. The molecule has 5 heteroatoms. The summed E-state index contributed by atoms with van der Waals surface area (Å²) in [4.78, 5) is 40.1. The zero-order chi connectivity index (χ0) is 27.8. The second-order valence-corrected chi connectivity index (χ2v) is 15.0. The van der Waals surface area contributed by atoms with Gasteiger partial charge in [-0.1, -0.05) is 54.4 Å². The van der Waals surface area contributed by atoms with Gasteiger partial charge in [-0.15, -0.1) is 0 Å². The molecule has 4 aliphatic rings. The molecule has 4 rings (SSSR count). The smallest absolute Gasteiger partial charge is 0.302 e. The van der Waals surface area contributed by atoms with Crippen molar-refractivity contribution in [1.82, 2.24) is 0 Å². The summed E-state index contributed by atoms with van der Waals surface area (Å²) in [5.74, 6) is 0.823. The van der Waals surface area contributed by atoms with Crippen molar-refractivity contribution in [2.24, 2.45) is 39.4 Å². The maximum Gasteiger partial charge on any atom is 0.302 e. The van der Waals surface area contributed by atoms with Gasteiger partial charge in [-0.25, -0.2) is 0 Å². The van der Waals surface area contributed by atoms with Gasteiger partial charge < -0.3 is 9.84 Å². The molecule has 4 aliphatic carbocycles. The summed E-state index contributed by atoms with van der Waals surface area (Å²) >= 11 is 0. The molecule has 7 atom stereocenters. The molecule has 1 N–H and O–H groups in total. The quantitative estimate of drug-likeness (QED) is 0.404. The summed E-state index contributed by atoms with van der Waals surface area (Å²) in [6.07, 6.45) is 6.92. The van der Waals surface area contributed by atoms with Crippen LogP contribution in [0.4, 0.5) is 0 Å². The van der Waals surface area contributed by atoms with Crippen molar-refractivity contribution in [1.29, 1.82) is 0 Å². The van der Waals surface area contributed by atoms with Crippen molar-refractivity contribution in [2.75, 3.05) is 0 Å². The normalized spacial score (nSPS) is 40.1. The number of ether oxygens (including phenoxy) is 1. The molecule has 0 aliphatic heterocycles. The predicted octanol–water partition coefficient (Wildman–Crippen LogP) is 6.60. The van der Waals surface area contributed by atoms with Gasteiger partial charge in [0.25, 0.3) is 0 Å². The number of aliphatic hydroxyl groups is 1. The van der Waals surface area contributed by atoms with Gasteiger partial charge in [0.15, 0.2) is 11.6 Å². The summed E-state index contributed by atoms with van der Waals surface area (Å²) in [5, 5.41) is 10.2. The molecule has 0 saturated heterocycles. The van der Waals surface area contributed by atoms with Crippen LogP contribution in [0.1, 0.15) is 120 Å². The van der Waals surface area contributed by atoms with Crippen molar-refractivity contribution >= 4 is 17.5 Å². The van der Waals surface area contributed by atoms with E-state index in [0.29, 0.717) is 31.1 Å². The lowest BCUT2D eigenvalue weighted by Gasteiger charge is -2.60. The molecule has 0 spiro atoms. The van der Waals surface area contributed by atoms with Gasteiger partial charge >= 0.3 is 5.97 Å². The molecule has 208 valence electrons. The Balaban J connectivity index is 1.70. The molecule has 0 radical (unpaired) electrons. The molecule has 0 aromatic heterocycles. The van der Waals surface area contributed by atoms with Gasteiger partial charge in [0.05, 0.1) is 5.60 Å². The van der Waals surface area contributed by atoms with Crippen LogP contribution in [0.5, 0.6) is 0 Å². The Morgan fingerprint density at radius 1 is 1.05 bits per heavy atom. The standard InChI is InChI=1S/C32H50O5/c1-19(11-10-14-28(3,4)36)21-12-16-31(8)27-22(34)17-24-29(5,6)25(37-20(2)33)13-15-30(24,7)26(27)23(35)18-32(21,31)9/h19,21,24-25,36H,10-18H2,1-9H3/t19-,21-,24+,25+,30+,31+,32-/m1/s1. The first-order valence-corrected chi connectivity index (χ1v) is 14.6. The highest BCUT2D eigenvalue weighted by Gasteiger charge is 2.67. The topological polar surface area (TPSA) is 80.7 Å².